The molecule has 0 aliphatic heterocycles. The van der Waals surface area contributed by atoms with E-state index >= 15 is 0 Å². The summed E-state index contributed by atoms with van der Waals surface area (Å²) < 4.78 is 9.17. The van der Waals surface area contributed by atoms with Crippen molar-refractivity contribution < 1.29 is 24.2 Å². The number of aliphatic hydroxyl groups excluding tert-OH is 1. The van der Waals surface area contributed by atoms with Crippen LogP contribution in [0.1, 0.15) is 33.6 Å². The summed E-state index contributed by atoms with van der Waals surface area (Å²) in [5.74, 6) is -0.755. The average molecular weight is 232 g/mol. The highest BCUT2D eigenvalue weighted by atomic mass is 16.7. The van der Waals surface area contributed by atoms with E-state index in [0.29, 0.717) is 0 Å². The normalized spacial score (nSPS) is 13.3. The van der Waals surface area contributed by atoms with E-state index in [9.17, 15) is 14.7 Å². The number of ketones is 1. The van der Waals surface area contributed by atoms with Crippen LogP contribution < -0.4 is 0 Å². The van der Waals surface area contributed by atoms with Crippen molar-refractivity contribution in [2.24, 2.45) is 5.41 Å². The zero-order valence-corrected chi connectivity index (χ0v) is 10.3. The number of methoxy groups -OCH3 is 1. The molecule has 0 aliphatic rings. The molecule has 0 aromatic heterocycles. The lowest BCUT2D eigenvalue weighted by Crippen LogP contribution is -2.32. The highest BCUT2D eigenvalue weighted by Crippen LogP contribution is 2.18. The van der Waals surface area contributed by atoms with Crippen molar-refractivity contribution in [1.29, 1.82) is 0 Å². The zero-order chi connectivity index (χ0) is 12.8. The van der Waals surface area contributed by atoms with Gasteiger partial charge in [-0.1, -0.05) is 20.8 Å². The van der Waals surface area contributed by atoms with Gasteiger partial charge in [0.25, 0.3) is 0 Å². The number of rotatable bonds is 6. The molecule has 16 heavy (non-hydrogen) atoms. The van der Waals surface area contributed by atoms with Gasteiger partial charge in [0.1, 0.15) is 6.10 Å². The molecule has 0 aliphatic carbocycles. The molecule has 1 atom stereocenters. The van der Waals surface area contributed by atoms with Gasteiger partial charge in [0.15, 0.2) is 12.6 Å². The molecule has 1 unspecified atom stereocenters. The Labute approximate surface area is 95.7 Å². The van der Waals surface area contributed by atoms with Crippen LogP contribution in [0.4, 0.5) is 0 Å². The van der Waals surface area contributed by atoms with Gasteiger partial charge in [-0.3, -0.25) is 9.59 Å². The van der Waals surface area contributed by atoms with Crippen LogP contribution in [0.25, 0.3) is 0 Å². The Morgan fingerprint density at radius 3 is 2.31 bits per heavy atom. The second-order valence-corrected chi connectivity index (χ2v) is 4.59. The second kappa shape index (κ2) is 6.60. The molecule has 0 bridgehead atoms. The highest BCUT2D eigenvalue weighted by Gasteiger charge is 2.28. The maximum absolute atomic E-state index is 11.6. The standard InChI is InChI=1S/C11H20O5/c1-11(2,3)10(14)8(12)5-6-9(13)16-7-15-4/h8,12H,5-7H2,1-4H3. The minimum Gasteiger partial charge on any atom is -0.438 e. The summed E-state index contributed by atoms with van der Waals surface area (Å²) in [6.45, 7) is 5.06. The topological polar surface area (TPSA) is 72.8 Å². The number of hydrogen-bond donors (Lipinski definition) is 1. The predicted molar refractivity (Wildman–Crippen MR) is 57.7 cm³/mol. The first-order chi connectivity index (χ1) is 7.29. The lowest BCUT2D eigenvalue weighted by molar-refractivity contribution is -0.155. The summed E-state index contributed by atoms with van der Waals surface area (Å²) in [4.78, 5) is 22.6. The molecule has 5 heteroatoms. The molecular formula is C11H20O5. The molecule has 0 radical (unpaired) electrons. The molecule has 94 valence electrons. The summed E-state index contributed by atoms with van der Waals surface area (Å²) >= 11 is 0. The number of carbonyl (C=O) groups excluding carboxylic acids is 2. The van der Waals surface area contributed by atoms with Crippen molar-refractivity contribution in [3.05, 3.63) is 0 Å². The van der Waals surface area contributed by atoms with Gasteiger partial charge in [0.2, 0.25) is 0 Å². The van der Waals surface area contributed by atoms with Gasteiger partial charge < -0.3 is 14.6 Å². The number of esters is 1. The first-order valence-electron chi connectivity index (χ1n) is 5.16. The van der Waals surface area contributed by atoms with Crippen LogP contribution in [0.2, 0.25) is 0 Å². The summed E-state index contributed by atoms with van der Waals surface area (Å²) in [6.07, 6.45) is -1.03. The van der Waals surface area contributed by atoms with Crippen LogP contribution in [-0.2, 0) is 19.1 Å². The summed E-state index contributed by atoms with van der Waals surface area (Å²) in [5.41, 5.74) is -0.601. The molecule has 0 rings (SSSR count). The van der Waals surface area contributed by atoms with Gasteiger partial charge in [-0.15, -0.1) is 0 Å². The van der Waals surface area contributed by atoms with E-state index in [1.165, 1.54) is 7.11 Å². The van der Waals surface area contributed by atoms with E-state index in [-0.39, 0.29) is 25.4 Å². The SMILES string of the molecule is COCOC(=O)CCC(O)C(=O)C(C)(C)C. The number of Topliss-reactive ketones (excluding diaryl/α,β-unsaturated/α-hetero) is 1. The summed E-state index contributed by atoms with van der Waals surface area (Å²) in [6, 6.07) is 0. The van der Waals surface area contributed by atoms with Crippen LogP contribution in [0, 0.1) is 5.41 Å². The number of aliphatic hydroxyl groups is 1. The van der Waals surface area contributed by atoms with E-state index in [2.05, 4.69) is 9.47 Å². The van der Waals surface area contributed by atoms with Crippen molar-refractivity contribution in [2.75, 3.05) is 13.9 Å². The van der Waals surface area contributed by atoms with Gasteiger partial charge >= 0.3 is 5.97 Å². The molecule has 5 nitrogen and oxygen atoms in total. The lowest BCUT2D eigenvalue weighted by atomic mass is 9.86. The average Bonchev–Trinajstić information content (AvgIpc) is 2.20. The first-order valence-corrected chi connectivity index (χ1v) is 5.16. The fourth-order valence-electron chi connectivity index (χ4n) is 1.08. The van der Waals surface area contributed by atoms with Crippen LogP contribution in [0.3, 0.4) is 0 Å². The van der Waals surface area contributed by atoms with Crippen molar-refractivity contribution in [3.8, 4) is 0 Å². The molecular weight excluding hydrogens is 212 g/mol. The monoisotopic (exact) mass is 232 g/mol. The Morgan fingerprint density at radius 2 is 1.88 bits per heavy atom. The quantitative estimate of drug-likeness (QED) is 0.544. The summed E-state index contributed by atoms with van der Waals surface area (Å²) in [5, 5.41) is 9.54. The maximum Gasteiger partial charge on any atom is 0.308 e. The van der Waals surface area contributed by atoms with Crippen molar-refractivity contribution >= 4 is 11.8 Å². The van der Waals surface area contributed by atoms with E-state index in [4.69, 9.17) is 0 Å². The number of hydrogen-bond acceptors (Lipinski definition) is 5. The summed E-state index contributed by atoms with van der Waals surface area (Å²) in [7, 11) is 1.41. The Bertz CT molecular complexity index is 241. The fourth-order valence-corrected chi connectivity index (χ4v) is 1.08. The van der Waals surface area contributed by atoms with Gasteiger partial charge in [-0.05, 0) is 6.42 Å². The molecule has 0 spiro atoms. The molecule has 0 aromatic carbocycles. The van der Waals surface area contributed by atoms with Crippen LogP contribution in [0.15, 0.2) is 0 Å². The van der Waals surface area contributed by atoms with E-state index in [0.717, 1.165) is 0 Å². The van der Waals surface area contributed by atoms with Crippen molar-refractivity contribution in [1.82, 2.24) is 0 Å². The molecule has 0 amide bonds. The second-order valence-electron chi connectivity index (χ2n) is 4.59. The molecule has 1 N–H and O–H groups in total. The highest BCUT2D eigenvalue weighted by molar-refractivity contribution is 5.88. The number of carbonyl (C=O) groups is 2. The van der Waals surface area contributed by atoms with Gasteiger partial charge in [0.05, 0.1) is 0 Å². The Morgan fingerprint density at radius 1 is 1.31 bits per heavy atom. The molecule has 0 saturated heterocycles. The Kier molecular flexibility index (Phi) is 6.21. The van der Waals surface area contributed by atoms with E-state index in [1.807, 2.05) is 0 Å². The lowest BCUT2D eigenvalue weighted by Gasteiger charge is -2.20. The van der Waals surface area contributed by atoms with E-state index < -0.39 is 17.5 Å². The largest absolute Gasteiger partial charge is 0.438 e. The third-order valence-electron chi connectivity index (χ3n) is 2.00. The van der Waals surface area contributed by atoms with Gasteiger partial charge in [0, 0.05) is 18.9 Å². The smallest absolute Gasteiger partial charge is 0.308 e. The maximum atomic E-state index is 11.6. The fraction of sp³-hybridized carbons (Fsp3) is 0.818. The number of ether oxygens (including phenoxy) is 2. The molecule has 0 heterocycles. The van der Waals surface area contributed by atoms with Crippen molar-refractivity contribution in [2.45, 2.75) is 39.7 Å². The Hall–Kier alpha value is -0.940. The van der Waals surface area contributed by atoms with Crippen molar-refractivity contribution in [3.63, 3.8) is 0 Å². The van der Waals surface area contributed by atoms with Crippen LogP contribution >= 0.6 is 0 Å². The minimum atomic E-state index is -1.12. The molecule has 0 aromatic rings. The predicted octanol–water partition coefficient (Wildman–Crippen LogP) is 0.890. The zero-order valence-electron chi connectivity index (χ0n) is 10.3. The minimum absolute atomic E-state index is 0.00630. The van der Waals surface area contributed by atoms with Crippen LogP contribution in [-0.4, -0.2) is 36.9 Å². The Balaban J connectivity index is 3.94. The third kappa shape index (κ3) is 5.82. The van der Waals surface area contributed by atoms with Gasteiger partial charge in [-0.25, -0.2) is 0 Å². The third-order valence-corrected chi connectivity index (χ3v) is 2.00. The molecule has 0 fully saturated rings. The van der Waals surface area contributed by atoms with Crippen LogP contribution in [0.5, 0.6) is 0 Å². The molecule has 0 saturated carbocycles. The first kappa shape index (κ1) is 15.1. The van der Waals surface area contributed by atoms with Gasteiger partial charge in [-0.2, -0.15) is 0 Å². The van der Waals surface area contributed by atoms with E-state index in [1.54, 1.807) is 20.8 Å².